The number of anilines is 1. The first kappa shape index (κ1) is 22.6. The van der Waals surface area contributed by atoms with Crippen LogP contribution in [0.1, 0.15) is 39.0 Å². The van der Waals surface area contributed by atoms with E-state index >= 15 is 0 Å². The van der Waals surface area contributed by atoms with E-state index in [2.05, 4.69) is 5.32 Å². The summed E-state index contributed by atoms with van der Waals surface area (Å²) in [4.78, 5) is 26.7. The van der Waals surface area contributed by atoms with Gasteiger partial charge in [-0.3, -0.25) is 9.59 Å². The van der Waals surface area contributed by atoms with Crippen molar-refractivity contribution in [1.29, 1.82) is 0 Å². The largest absolute Gasteiger partial charge is 0.333 e. The van der Waals surface area contributed by atoms with Crippen molar-refractivity contribution in [2.45, 2.75) is 45.1 Å². The van der Waals surface area contributed by atoms with Gasteiger partial charge >= 0.3 is 0 Å². The average molecular weight is 416 g/mol. The Hall–Kier alpha value is -1.73. The fraction of sp³-hybridized carbons (Fsp3) is 0.600. The first-order valence-corrected chi connectivity index (χ1v) is 9.69. The van der Waals surface area contributed by atoms with Gasteiger partial charge in [0.25, 0.3) is 0 Å². The summed E-state index contributed by atoms with van der Waals surface area (Å²) >= 11 is 0. The van der Waals surface area contributed by atoms with Crippen LogP contribution in [0.5, 0.6) is 0 Å². The summed E-state index contributed by atoms with van der Waals surface area (Å²) in [7, 11) is 0. The Balaban J connectivity index is 0.00000280. The molecule has 3 rings (SSSR count). The molecule has 2 unspecified atom stereocenters. The highest BCUT2D eigenvalue weighted by molar-refractivity contribution is 5.95. The lowest BCUT2D eigenvalue weighted by Crippen LogP contribution is -2.50. The van der Waals surface area contributed by atoms with E-state index in [0.717, 1.165) is 44.2 Å². The lowest BCUT2D eigenvalue weighted by atomic mass is 9.65. The second kappa shape index (κ2) is 9.65. The van der Waals surface area contributed by atoms with Crippen molar-refractivity contribution in [1.82, 2.24) is 4.90 Å². The predicted molar refractivity (Wildman–Crippen MR) is 106 cm³/mol. The molecule has 28 heavy (non-hydrogen) atoms. The SMILES string of the molecule is CCN(CC(=O)Nc1c(F)cccc1F)C(=O)C1CC2CCCC(C1)C2N.Cl. The number of fused-ring (bicyclic) bond motifs is 2. The maximum Gasteiger partial charge on any atom is 0.244 e. The highest BCUT2D eigenvalue weighted by Gasteiger charge is 2.41. The summed E-state index contributed by atoms with van der Waals surface area (Å²) in [6, 6.07) is 3.55. The summed E-state index contributed by atoms with van der Waals surface area (Å²) in [5.74, 6) is -1.75. The van der Waals surface area contributed by atoms with Gasteiger partial charge < -0.3 is 16.0 Å². The number of amides is 2. The number of benzene rings is 1. The molecule has 0 aliphatic heterocycles. The molecule has 2 saturated carbocycles. The number of carbonyl (C=O) groups excluding carboxylic acids is 2. The normalized spacial score (nSPS) is 26.1. The van der Waals surface area contributed by atoms with Gasteiger partial charge in [0, 0.05) is 18.5 Å². The van der Waals surface area contributed by atoms with Gasteiger partial charge in [-0.2, -0.15) is 0 Å². The van der Waals surface area contributed by atoms with Crippen molar-refractivity contribution >= 4 is 29.9 Å². The van der Waals surface area contributed by atoms with Crippen molar-refractivity contribution in [2.75, 3.05) is 18.4 Å². The van der Waals surface area contributed by atoms with Gasteiger partial charge in [0.15, 0.2) is 0 Å². The molecular weight excluding hydrogens is 388 g/mol. The Labute approximate surface area is 170 Å². The number of carbonyl (C=O) groups is 2. The van der Waals surface area contributed by atoms with Gasteiger partial charge in [-0.15, -0.1) is 12.4 Å². The number of rotatable bonds is 5. The average Bonchev–Trinajstić information content (AvgIpc) is 2.62. The minimum Gasteiger partial charge on any atom is -0.333 e. The molecule has 0 aromatic heterocycles. The van der Waals surface area contributed by atoms with E-state index in [1.54, 1.807) is 6.92 Å². The maximum atomic E-state index is 13.7. The van der Waals surface area contributed by atoms with Crippen LogP contribution >= 0.6 is 12.4 Å². The Morgan fingerprint density at radius 3 is 2.29 bits per heavy atom. The lowest BCUT2D eigenvalue weighted by molar-refractivity contribution is -0.140. The zero-order chi connectivity index (χ0) is 19.6. The third-order valence-corrected chi connectivity index (χ3v) is 6.02. The standard InChI is InChI=1S/C20H27F2N3O2.ClH/c1-2-25(11-17(26)24-19-15(21)7-4-8-16(19)22)20(27)14-9-12-5-3-6-13(10-14)18(12)23;/h4,7-8,12-14,18H,2-3,5-6,9-11,23H2,1H3,(H,24,26);1H. The van der Waals surface area contributed by atoms with Crippen molar-refractivity contribution in [3.05, 3.63) is 29.8 Å². The van der Waals surface area contributed by atoms with Crippen molar-refractivity contribution in [2.24, 2.45) is 23.5 Å². The fourth-order valence-corrected chi connectivity index (χ4v) is 4.56. The molecule has 0 saturated heterocycles. The molecule has 2 aliphatic carbocycles. The number of hydrogen-bond donors (Lipinski definition) is 2. The number of nitrogens with one attached hydrogen (secondary N) is 1. The fourth-order valence-electron chi connectivity index (χ4n) is 4.56. The Bertz CT molecular complexity index is 684. The molecule has 0 heterocycles. The molecular formula is C20H28ClF2N3O2. The second-order valence-electron chi connectivity index (χ2n) is 7.69. The highest BCUT2D eigenvalue weighted by Crippen LogP contribution is 2.42. The molecule has 2 fully saturated rings. The zero-order valence-electron chi connectivity index (χ0n) is 16.0. The third-order valence-electron chi connectivity index (χ3n) is 6.02. The van der Waals surface area contributed by atoms with E-state index < -0.39 is 23.2 Å². The van der Waals surface area contributed by atoms with Crippen LogP contribution in [-0.2, 0) is 9.59 Å². The van der Waals surface area contributed by atoms with E-state index in [1.165, 1.54) is 11.0 Å². The van der Waals surface area contributed by atoms with Gasteiger partial charge in [0.2, 0.25) is 11.8 Å². The quantitative estimate of drug-likeness (QED) is 0.774. The molecule has 2 amide bonds. The maximum absolute atomic E-state index is 13.7. The minimum absolute atomic E-state index is 0. The number of para-hydroxylation sites is 1. The molecule has 0 spiro atoms. The van der Waals surface area contributed by atoms with Crippen molar-refractivity contribution in [3.63, 3.8) is 0 Å². The first-order valence-electron chi connectivity index (χ1n) is 9.69. The second-order valence-corrected chi connectivity index (χ2v) is 7.69. The van der Waals surface area contributed by atoms with Crippen molar-refractivity contribution < 1.29 is 18.4 Å². The highest BCUT2D eigenvalue weighted by atomic mass is 35.5. The van der Waals surface area contributed by atoms with Gasteiger partial charge in [-0.25, -0.2) is 8.78 Å². The summed E-state index contributed by atoms with van der Waals surface area (Å²) in [6.45, 7) is 1.94. The topological polar surface area (TPSA) is 75.4 Å². The number of halogens is 3. The molecule has 0 radical (unpaired) electrons. The van der Waals surface area contributed by atoms with Crippen molar-refractivity contribution in [3.8, 4) is 0 Å². The predicted octanol–water partition coefficient (Wildman–Crippen LogP) is 3.33. The van der Waals surface area contributed by atoms with Crippen LogP contribution in [0.4, 0.5) is 14.5 Å². The Morgan fingerprint density at radius 1 is 1.18 bits per heavy atom. The van der Waals surface area contributed by atoms with Gasteiger partial charge in [0.1, 0.15) is 17.3 Å². The Kier molecular flexibility index (Phi) is 7.78. The third kappa shape index (κ3) is 4.81. The zero-order valence-corrected chi connectivity index (χ0v) is 16.8. The van der Waals surface area contributed by atoms with Crippen LogP contribution in [0.3, 0.4) is 0 Å². The van der Waals surface area contributed by atoms with Crippen LogP contribution in [-0.4, -0.2) is 35.8 Å². The molecule has 3 N–H and O–H groups in total. The van der Waals surface area contributed by atoms with Gasteiger partial charge in [-0.05, 0) is 56.6 Å². The molecule has 1 aromatic carbocycles. The Morgan fingerprint density at radius 2 is 1.75 bits per heavy atom. The molecule has 1 aromatic rings. The summed E-state index contributed by atoms with van der Waals surface area (Å²) in [6.07, 6.45) is 4.80. The van der Waals surface area contributed by atoms with E-state index in [-0.39, 0.29) is 36.8 Å². The molecule has 156 valence electrons. The van der Waals surface area contributed by atoms with Crippen LogP contribution in [0, 0.1) is 29.4 Å². The van der Waals surface area contributed by atoms with E-state index in [9.17, 15) is 18.4 Å². The molecule has 2 bridgehead atoms. The first-order chi connectivity index (χ1) is 12.9. The lowest BCUT2D eigenvalue weighted by Gasteiger charge is -2.44. The molecule has 2 atom stereocenters. The van der Waals surface area contributed by atoms with Crippen LogP contribution < -0.4 is 11.1 Å². The number of nitrogens with zero attached hydrogens (tertiary/aromatic N) is 1. The van der Waals surface area contributed by atoms with E-state index in [4.69, 9.17) is 5.73 Å². The minimum atomic E-state index is -0.841. The number of likely N-dealkylation sites (N-methyl/N-ethyl adjacent to an activating group) is 1. The van der Waals surface area contributed by atoms with Crippen LogP contribution in [0.25, 0.3) is 0 Å². The number of hydrogen-bond acceptors (Lipinski definition) is 3. The summed E-state index contributed by atoms with van der Waals surface area (Å²) in [5, 5.41) is 2.25. The van der Waals surface area contributed by atoms with Gasteiger partial charge in [0.05, 0.1) is 6.54 Å². The van der Waals surface area contributed by atoms with Crippen LogP contribution in [0.2, 0.25) is 0 Å². The number of nitrogens with two attached hydrogens (primary N) is 1. The molecule has 5 nitrogen and oxygen atoms in total. The molecule has 2 aliphatic rings. The van der Waals surface area contributed by atoms with E-state index in [0.29, 0.717) is 18.4 Å². The summed E-state index contributed by atoms with van der Waals surface area (Å²) < 4.78 is 27.4. The smallest absolute Gasteiger partial charge is 0.244 e. The molecule has 8 heteroatoms. The van der Waals surface area contributed by atoms with Gasteiger partial charge in [-0.1, -0.05) is 12.5 Å². The monoisotopic (exact) mass is 415 g/mol. The summed E-state index contributed by atoms with van der Waals surface area (Å²) in [5.41, 5.74) is 5.81. The van der Waals surface area contributed by atoms with Crippen LogP contribution in [0.15, 0.2) is 18.2 Å². The van der Waals surface area contributed by atoms with E-state index in [1.807, 2.05) is 0 Å².